The van der Waals surface area contributed by atoms with E-state index in [0.29, 0.717) is 12.9 Å². The van der Waals surface area contributed by atoms with Crippen molar-refractivity contribution in [2.75, 3.05) is 13.7 Å². The van der Waals surface area contributed by atoms with Gasteiger partial charge in [0.1, 0.15) is 18.6 Å². The van der Waals surface area contributed by atoms with Crippen LogP contribution in [0.5, 0.6) is 5.75 Å². The van der Waals surface area contributed by atoms with Crippen LogP contribution < -0.4 is 4.74 Å². The molecule has 0 aliphatic heterocycles. The Morgan fingerprint density at radius 1 is 0.677 bits per heavy atom. The highest BCUT2D eigenvalue weighted by molar-refractivity contribution is 5.88. The molecular formula is C58H79NO3. The van der Waals surface area contributed by atoms with Crippen molar-refractivity contribution in [3.05, 3.63) is 174 Å². The van der Waals surface area contributed by atoms with Crippen molar-refractivity contribution in [2.24, 2.45) is 0 Å². The Balaban J connectivity index is 0. The van der Waals surface area contributed by atoms with E-state index >= 15 is 0 Å². The molecule has 0 saturated carbocycles. The second kappa shape index (κ2) is 39.4. The fourth-order valence-corrected chi connectivity index (χ4v) is 5.69. The van der Waals surface area contributed by atoms with Crippen LogP contribution in [-0.2, 0) is 29.0 Å². The molecule has 0 radical (unpaired) electrons. The Labute approximate surface area is 378 Å². The zero-order valence-corrected chi connectivity index (χ0v) is 40.2. The minimum Gasteiger partial charge on any atom is -0.489 e. The number of hydrogen-bond acceptors (Lipinski definition) is 4. The van der Waals surface area contributed by atoms with E-state index in [0.717, 1.165) is 65.9 Å². The SMILES string of the molecule is C=C.C=CC=O.C=CCCCC.CC.CC.CCC.CCCc1ccc2cc(-c3ccc(C#Cc4c(C)cc(OCc5ccc(CCCOC)cc5)cc4C=N)cc3)ccc2c1. The Kier molecular flexibility index (Phi) is 37.1. The van der Waals surface area contributed by atoms with Crippen LogP contribution in [0.2, 0.25) is 0 Å². The highest BCUT2D eigenvalue weighted by Crippen LogP contribution is 2.26. The van der Waals surface area contributed by atoms with Gasteiger partial charge in [0.25, 0.3) is 0 Å². The molecule has 0 atom stereocenters. The van der Waals surface area contributed by atoms with Crippen LogP contribution in [0.25, 0.3) is 21.9 Å². The first-order valence-electron chi connectivity index (χ1n) is 22.5. The molecule has 0 amide bonds. The average molecular weight is 838 g/mol. The minimum absolute atomic E-state index is 0.476. The summed E-state index contributed by atoms with van der Waals surface area (Å²) >= 11 is 0. The number of benzene rings is 5. The Hall–Kier alpha value is -5.76. The van der Waals surface area contributed by atoms with Gasteiger partial charge in [-0.1, -0.05) is 172 Å². The molecule has 334 valence electrons. The highest BCUT2D eigenvalue weighted by Gasteiger charge is 2.07. The summed E-state index contributed by atoms with van der Waals surface area (Å²) in [6.45, 7) is 32.6. The van der Waals surface area contributed by atoms with Gasteiger partial charge >= 0.3 is 0 Å². The van der Waals surface area contributed by atoms with E-state index in [1.807, 2.05) is 52.8 Å². The lowest BCUT2D eigenvalue weighted by Crippen LogP contribution is -1.99. The van der Waals surface area contributed by atoms with Gasteiger partial charge in [-0.2, -0.15) is 0 Å². The predicted molar refractivity (Wildman–Crippen MR) is 275 cm³/mol. The molecule has 0 aromatic heterocycles. The quantitative estimate of drug-likeness (QED) is 0.0285. The molecular weight excluding hydrogens is 759 g/mol. The predicted octanol–water partition coefficient (Wildman–Crippen LogP) is 16.3. The summed E-state index contributed by atoms with van der Waals surface area (Å²) in [5.74, 6) is 7.35. The zero-order chi connectivity index (χ0) is 47.0. The lowest BCUT2D eigenvalue weighted by atomic mass is 9.98. The van der Waals surface area contributed by atoms with Gasteiger partial charge in [-0.3, -0.25) is 4.79 Å². The van der Waals surface area contributed by atoms with Crippen molar-refractivity contribution in [1.29, 1.82) is 5.41 Å². The fraction of sp³-hybridized carbons (Fsp3) is 0.345. The van der Waals surface area contributed by atoms with Gasteiger partial charge in [0.15, 0.2) is 0 Å². The highest BCUT2D eigenvalue weighted by atomic mass is 16.5. The summed E-state index contributed by atoms with van der Waals surface area (Å²) in [6, 6.07) is 34.3. The minimum atomic E-state index is 0.476. The number of fused-ring (bicyclic) bond motifs is 1. The summed E-state index contributed by atoms with van der Waals surface area (Å²) in [5, 5.41) is 10.6. The summed E-state index contributed by atoms with van der Waals surface area (Å²) in [6.07, 6.45) is 14.5. The van der Waals surface area contributed by atoms with Crippen molar-refractivity contribution in [1.82, 2.24) is 0 Å². The number of nitrogens with one attached hydrogen (secondary N) is 1. The number of allylic oxidation sites excluding steroid dienone is 2. The standard InChI is InChI=1S/C40H39NO2.C6H12.C3H4O.C3H8.2C2H6.C2H4/c1-4-6-32-14-18-37-25-36(20-19-35(37)24-32)34-16-12-31(13-17-34)15-21-40-29(2)23-39(26-38(40)27-41)43-28-33-10-8-30(9-11-33)7-5-22-42-3;1-3-5-6-4-2;1-2-3-4;1-3-2;3*1-2/h8-14,16-20,23-27,41H,4-7,22,28H2,1-3H3;3H,1,4-6H2,2H3;2-3H,1H2;3H2,1-2H3;2*1-2H3;1-2H2. The summed E-state index contributed by atoms with van der Waals surface area (Å²) in [4.78, 5) is 9.06. The molecule has 5 aromatic carbocycles. The third-order valence-electron chi connectivity index (χ3n) is 8.59. The average Bonchev–Trinajstić information content (AvgIpc) is 3.32. The molecule has 4 heteroatoms. The summed E-state index contributed by atoms with van der Waals surface area (Å²) in [5.41, 5.74) is 9.72. The second-order valence-corrected chi connectivity index (χ2v) is 13.5. The largest absolute Gasteiger partial charge is 0.489 e. The second-order valence-electron chi connectivity index (χ2n) is 13.5. The van der Waals surface area contributed by atoms with E-state index in [1.165, 1.54) is 71.0 Å². The maximum Gasteiger partial charge on any atom is 0.142 e. The first kappa shape index (κ1) is 58.3. The summed E-state index contributed by atoms with van der Waals surface area (Å²) in [7, 11) is 1.73. The van der Waals surface area contributed by atoms with E-state index in [9.17, 15) is 0 Å². The molecule has 0 bridgehead atoms. The number of rotatable bonds is 15. The molecule has 1 N–H and O–H groups in total. The van der Waals surface area contributed by atoms with Gasteiger partial charge in [-0.25, -0.2) is 0 Å². The molecule has 4 nitrogen and oxygen atoms in total. The van der Waals surface area contributed by atoms with E-state index < -0.39 is 0 Å². The number of aryl methyl sites for hydroxylation is 3. The van der Waals surface area contributed by atoms with Gasteiger partial charge in [-0.15, -0.1) is 19.7 Å². The number of carbonyl (C=O) groups excluding carboxylic acids is 1. The smallest absolute Gasteiger partial charge is 0.142 e. The van der Waals surface area contributed by atoms with Crippen molar-refractivity contribution < 1.29 is 14.3 Å². The molecule has 0 aliphatic carbocycles. The van der Waals surface area contributed by atoms with Gasteiger partial charge in [0, 0.05) is 36.6 Å². The Bertz CT molecular complexity index is 1990. The van der Waals surface area contributed by atoms with Crippen LogP contribution in [0.3, 0.4) is 0 Å². The summed E-state index contributed by atoms with van der Waals surface area (Å²) < 4.78 is 11.2. The van der Waals surface area contributed by atoms with E-state index in [1.54, 1.807) is 7.11 Å². The molecule has 0 spiro atoms. The maximum absolute atomic E-state index is 9.06. The molecule has 0 saturated heterocycles. The molecule has 0 aliphatic rings. The van der Waals surface area contributed by atoms with Crippen LogP contribution in [0.4, 0.5) is 0 Å². The zero-order valence-electron chi connectivity index (χ0n) is 40.2. The van der Waals surface area contributed by atoms with Crippen molar-refractivity contribution in [2.45, 2.75) is 120 Å². The number of aldehydes is 1. The lowest BCUT2D eigenvalue weighted by molar-refractivity contribution is -0.104. The van der Waals surface area contributed by atoms with Crippen molar-refractivity contribution in [3.8, 4) is 28.7 Å². The van der Waals surface area contributed by atoms with Crippen LogP contribution >= 0.6 is 0 Å². The van der Waals surface area contributed by atoms with E-state index in [-0.39, 0.29) is 0 Å². The molecule has 5 aromatic rings. The van der Waals surface area contributed by atoms with Crippen molar-refractivity contribution in [3.63, 3.8) is 0 Å². The van der Waals surface area contributed by atoms with Gasteiger partial charge in [0.05, 0.1) is 0 Å². The Morgan fingerprint density at radius 3 is 1.77 bits per heavy atom. The fourth-order valence-electron chi connectivity index (χ4n) is 5.69. The van der Waals surface area contributed by atoms with Crippen molar-refractivity contribution >= 4 is 23.3 Å². The number of carbonyl (C=O) groups is 1. The van der Waals surface area contributed by atoms with Gasteiger partial charge in [-0.05, 0) is 113 Å². The van der Waals surface area contributed by atoms with E-state index in [4.69, 9.17) is 19.7 Å². The van der Waals surface area contributed by atoms with Crippen LogP contribution in [0, 0.1) is 24.2 Å². The number of ether oxygens (including phenoxy) is 2. The number of unbranched alkanes of at least 4 members (excludes halogenated alkanes) is 2. The first-order valence-corrected chi connectivity index (χ1v) is 22.5. The first-order chi connectivity index (χ1) is 30.3. The molecule has 5 rings (SSSR count). The third kappa shape index (κ3) is 23.9. The molecule has 62 heavy (non-hydrogen) atoms. The third-order valence-corrected chi connectivity index (χ3v) is 8.59. The topological polar surface area (TPSA) is 59.4 Å². The van der Waals surface area contributed by atoms with Crippen LogP contribution in [0.1, 0.15) is 133 Å². The molecule has 0 heterocycles. The van der Waals surface area contributed by atoms with Crippen LogP contribution in [-0.4, -0.2) is 26.2 Å². The number of methoxy groups -OCH3 is 1. The Morgan fingerprint density at radius 2 is 1.24 bits per heavy atom. The molecule has 0 fully saturated rings. The maximum atomic E-state index is 9.06. The van der Waals surface area contributed by atoms with E-state index in [2.05, 4.69) is 151 Å². The number of hydrogen-bond donors (Lipinski definition) is 1. The lowest BCUT2D eigenvalue weighted by Gasteiger charge is -2.11. The van der Waals surface area contributed by atoms with Crippen LogP contribution in [0.15, 0.2) is 136 Å². The normalized spacial score (nSPS) is 9.13. The monoisotopic (exact) mass is 838 g/mol. The molecule has 0 unspecified atom stereocenters. The van der Waals surface area contributed by atoms with Gasteiger partial charge in [0.2, 0.25) is 0 Å². The van der Waals surface area contributed by atoms with Gasteiger partial charge < -0.3 is 14.9 Å².